The van der Waals surface area contributed by atoms with E-state index in [0.29, 0.717) is 42.9 Å². The van der Waals surface area contributed by atoms with Crippen LogP contribution in [0.1, 0.15) is 52.8 Å². The maximum absolute atomic E-state index is 14.0. The van der Waals surface area contributed by atoms with Crippen LogP contribution in [0.4, 0.5) is 0 Å². The minimum atomic E-state index is -2.70. The standard InChI is InChI=1S/C25H30O8P/c1-29-16-9-10-18(19(13-16)31-3)23(26)25(11-7-6-8-12-25)34(28)24(27)22-20(32-4)14-17(30-2)15-21(22)33-5/h9-10,13-15H,6-8,11-12H2,1-5H3. The monoisotopic (exact) mass is 489 g/mol. The Labute approximate surface area is 200 Å². The number of benzene rings is 2. The van der Waals surface area contributed by atoms with Crippen LogP contribution in [0, 0.1) is 0 Å². The third-order valence-corrected chi connectivity index (χ3v) is 8.28. The lowest BCUT2D eigenvalue weighted by molar-refractivity contribution is 0.0900. The Morgan fingerprint density at radius 3 is 1.76 bits per heavy atom. The van der Waals surface area contributed by atoms with E-state index < -0.39 is 18.5 Å². The fraction of sp³-hybridized carbons (Fsp3) is 0.440. The maximum Gasteiger partial charge on any atom is 0.250 e. The summed E-state index contributed by atoms with van der Waals surface area (Å²) in [4.78, 5) is 27.7. The predicted octanol–water partition coefficient (Wildman–Crippen LogP) is 5.28. The van der Waals surface area contributed by atoms with Gasteiger partial charge in [-0.15, -0.1) is 0 Å². The molecule has 8 nitrogen and oxygen atoms in total. The number of methoxy groups -OCH3 is 5. The Morgan fingerprint density at radius 1 is 0.735 bits per heavy atom. The molecule has 3 rings (SSSR count). The molecule has 0 bridgehead atoms. The molecule has 0 spiro atoms. The second-order valence-electron chi connectivity index (χ2n) is 7.99. The van der Waals surface area contributed by atoms with Gasteiger partial charge in [-0.25, -0.2) is 0 Å². The summed E-state index contributed by atoms with van der Waals surface area (Å²) in [6.45, 7) is 0. The number of hydrogen-bond acceptors (Lipinski definition) is 8. The van der Waals surface area contributed by atoms with Crippen LogP contribution in [0.2, 0.25) is 0 Å². The molecule has 1 saturated carbocycles. The van der Waals surface area contributed by atoms with E-state index in [1.807, 2.05) is 0 Å². The highest BCUT2D eigenvalue weighted by atomic mass is 31.1. The molecule has 1 radical (unpaired) electrons. The third kappa shape index (κ3) is 4.60. The second-order valence-corrected chi connectivity index (χ2v) is 9.85. The summed E-state index contributed by atoms with van der Waals surface area (Å²) in [6.07, 6.45) is 2.96. The summed E-state index contributed by atoms with van der Waals surface area (Å²) in [7, 11) is 4.57. The molecule has 0 amide bonds. The van der Waals surface area contributed by atoms with Crippen LogP contribution in [-0.2, 0) is 4.57 Å². The predicted molar refractivity (Wildman–Crippen MR) is 128 cm³/mol. The van der Waals surface area contributed by atoms with Gasteiger partial charge in [0.05, 0.1) is 41.1 Å². The SMILES string of the molecule is COc1ccc(C(=O)C2([P](=O)C(=O)c3c(OC)cc(OC)cc3OC)CCCCC2)c(OC)c1. The normalized spacial score (nSPS) is 15.1. The van der Waals surface area contributed by atoms with Crippen molar-refractivity contribution in [3.63, 3.8) is 0 Å². The number of hydrogen-bond donors (Lipinski definition) is 0. The number of ether oxygens (including phenoxy) is 5. The van der Waals surface area contributed by atoms with Gasteiger partial charge in [-0.3, -0.25) is 14.2 Å². The van der Waals surface area contributed by atoms with Crippen molar-refractivity contribution < 1.29 is 37.8 Å². The average Bonchev–Trinajstić information content (AvgIpc) is 2.90. The molecule has 0 aromatic heterocycles. The van der Waals surface area contributed by atoms with Gasteiger partial charge in [0.15, 0.2) is 13.6 Å². The largest absolute Gasteiger partial charge is 0.497 e. The summed E-state index contributed by atoms with van der Waals surface area (Å²) in [5.41, 5.74) is -0.379. The fourth-order valence-corrected chi connectivity index (χ4v) is 6.25. The number of ketones is 1. The first kappa shape index (κ1) is 25.5. The molecule has 183 valence electrons. The van der Waals surface area contributed by atoms with Gasteiger partial charge < -0.3 is 23.7 Å². The summed E-state index contributed by atoms with van der Waals surface area (Å²) in [6, 6.07) is 7.91. The van der Waals surface area contributed by atoms with E-state index in [1.54, 1.807) is 18.2 Å². The van der Waals surface area contributed by atoms with Crippen molar-refractivity contribution in [3.05, 3.63) is 41.5 Å². The number of Topliss-reactive ketones (excluding diaryl/α,β-unsaturated/α-hetero) is 1. The van der Waals surface area contributed by atoms with Gasteiger partial charge in [-0.1, -0.05) is 19.3 Å². The lowest BCUT2D eigenvalue weighted by Crippen LogP contribution is -2.39. The van der Waals surface area contributed by atoms with Crippen LogP contribution in [0.5, 0.6) is 28.7 Å². The lowest BCUT2D eigenvalue weighted by Gasteiger charge is -2.34. The zero-order valence-electron chi connectivity index (χ0n) is 20.1. The Morgan fingerprint density at radius 2 is 1.26 bits per heavy atom. The molecule has 1 aliphatic carbocycles. The molecule has 2 aromatic carbocycles. The average molecular weight is 489 g/mol. The van der Waals surface area contributed by atoms with Crippen molar-refractivity contribution in [2.45, 2.75) is 37.3 Å². The van der Waals surface area contributed by atoms with E-state index in [9.17, 15) is 14.2 Å². The van der Waals surface area contributed by atoms with Gasteiger partial charge >= 0.3 is 0 Å². The van der Waals surface area contributed by atoms with E-state index in [2.05, 4.69) is 0 Å². The fourth-order valence-electron chi connectivity index (χ4n) is 4.41. The summed E-state index contributed by atoms with van der Waals surface area (Å²) in [5.74, 6) is 1.23. The van der Waals surface area contributed by atoms with Crippen LogP contribution in [0.15, 0.2) is 30.3 Å². The zero-order chi connectivity index (χ0) is 24.9. The smallest absolute Gasteiger partial charge is 0.250 e. The molecule has 9 heteroatoms. The minimum Gasteiger partial charge on any atom is -0.497 e. The van der Waals surface area contributed by atoms with Crippen molar-refractivity contribution in [2.24, 2.45) is 0 Å². The Balaban J connectivity index is 2.12. The first-order valence-electron chi connectivity index (χ1n) is 10.9. The highest BCUT2D eigenvalue weighted by Crippen LogP contribution is 2.55. The van der Waals surface area contributed by atoms with E-state index in [-0.39, 0.29) is 28.4 Å². The zero-order valence-corrected chi connectivity index (χ0v) is 21.0. The maximum atomic E-state index is 14.0. The number of rotatable bonds is 10. The first-order chi connectivity index (χ1) is 16.4. The highest BCUT2D eigenvalue weighted by molar-refractivity contribution is 7.67. The molecule has 1 aliphatic rings. The number of carbonyl (C=O) groups excluding carboxylic acids is 2. The van der Waals surface area contributed by atoms with Crippen molar-refractivity contribution in [1.82, 2.24) is 0 Å². The molecule has 0 saturated heterocycles. The van der Waals surface area contributed by atoms with Crippen molar-refractivity contribution in [3.8, 4) is 28.7 Å². The van der Waals surface area contributed by atoms with Crippen LogP contribution in [-0.4, -0.2) is 52.0 Å². The topological polar surface area (TPSA) is 97.4 Å². The van der Waals surface area contributed by atoms with Crippen LogP contribution in [0.25, 0.3) is 0 Å². The molecule has 0 aliphatic heterocycles. The Hall–Kier alpha value is -3.12. The van der Waals surface area contributed by atoms with Gasteiger partial charge in [0, 0.05) is 18.2 Å². The molecule has 1 unspecified atom stereocenters. The van der Waals surface area contributed by atoms with Gasteiger partial charge in [0.25, 0.3) is 0 Å². The molecular formula is C25H30O8P. The lowest BCUT2D eigenvalue weighted by atomic mass is 9.82. The third-order valence-electron chi connectivity index (χ3n) is 6.26. The minimum absolute atomic E-state index is 0.0337. The van der Waals surface area contributed by atoms with Crippen LogP contribution in [0.3, 0.4) is 0 Å². The molecule has 0 heterocycles. The van der Waals surface area contributed by atoms with Crippen LogP contribution >= 0.6 is 7.80 Å². The Kier molecular flexibility index (Phi) is 8.15. The summed E-state index contributed by atoms with van der Waals surface area (Å²) >= 11 is 0. The van der Waals surface area contributed by atoms with Crippen molar-refractivity contribution in [2.75, 3.05) is 35.5 Å². The molecule has 2 aromatic rings. The van der Waals surface area contributed by atoms with Gasteiger partial charge in [-0.2, -0.15) is 0 Å². The van der Waals surface area contributed by atoms with E-state index in [0.717, 1.165) is 6.42 Å². The van der Waals surface area contributed by atoms with Gasteiger partial charge in [0.2, 0.25) is 5.52 Å². The Bertz CT molecular complexity index is 1060. The molecular weight excluding hydrogens is 459 g/mol. The van der Waals surface area contributed by atoms with Crippen LogP contribution < -0.4 is 23.7 Å². The molecule has 1 fully saturated rings. The first-order valence-corrected chi connectivity index (χ1v) is 12.2. The second kappa shape index (κ2) is 10.9. The highest BCUT2D eigenvalue weighted by Gasteiger charge is 2.50. The number of carbonyl (C=O) groups is 2. The summed E-state index contributed by atoms with van der Waals surface area (Å²) in [5, 5.41) is -1.36. The van der Waals surface area contributed by atoms with Crippen molar-refractivity contribution in [1.29, 1.82) is 0 Å². The van der Waals surface area contributed by atoms with Gasteiger partial charge in [-0.05, 0) is 25.0 Å². The van der Waals surface area contributed by atoms with E-state index >= 15 is 0 Å². The quantitative estimate of drug-likeness (QED) is 0.328. The summed E-state index contributed by atoms with van der Waals surface area (Å²) < 4.78 is 40.7. The van der Waals surface area contributed by atoms with E-state index in [1.165, 1.54) is 47.7 Å². The van der Waals surface area contributed by atoms with Gasteiger partial charge in [0.1, 0.15) is 39.5 Å². The molecule has 34 heavy (non-hydrogen) atoms. The molecule has 0 N–H and O–H groups in total. The molecule has 1 atom stereocenters. The van der Waals surface area contributed by atoms with E-state index in [4.69, 9.17) is 23.7 Å². The van der Waals surface area contributed by atoms with Crippen molar-refractivity contribution >= 4 is 19.1 Å².